The molecule has 1 heterocycles. The lowest BCUT2D eigenvalue weighted by atomic mass is 10.1. The van der Waals surface area contributed by atoms with Gasteiger partial charge in [-0.05, 0) is 24.3 Å². The number of carbonyl (C=O) groups excluding carboxylic acids is 2. The number of aromatic nitrogens is 1. The van der Waals surface area contributed by atoms with E-state index in [1.165, 1.54) is 37.4 Å². The van der Waals surface area contributed by atoms with Crippen LogP contribution >= 0.6 is 0 Å². The summed E-state index contributed by atoms with van der Waals surface area (Å²) in [5, 5.41) is 6.34. The first-order valence-corrected chi connectivity index (χ1v) is 7.30. The summed E-state index contributed by atoms with van der Waals surface area (Å²) in [5.74, 6) is -1.65. The van der Waals surface area contributed by atoms with Crippen LogP contribution in [0.5, 0.6) is 0 Å². The highest BCUT2D eigenvalue weighted by atomic mass is 19.1. The van der Waals surface area contributed by atoms with Gasteiger partial charge in [0, 0.05) is 11.6 Å². The minimum absolute atomic E-state index is 0.0704. The Labute approximate surface area is 142 Å². The van der Waals surface area contributed by atoms with E-state index in [1.54, 1.807) is 24.3 Å². The number of rotatable bonds is 4. The second-order valence-electron chi connectivity index (χ2n) is 5.08. The molecule has 0 unspecified atom stereocenters. The van der Waals surface area contributed by atoms with Gasteiger partial charge in [0.1, 0.15) is 11.5 Å². The van der Waals surface area contributed by atoms with Crippen LogP contribution in [0.25, 0.3) is 11.3 Å². The standard InChI is InChI=1S/C18H13FN2O4/c1-24-18(23)13-7-2-3-8-14(13)20-17(22)16-10-15(21-25-16)11-5-4-6-12(19)9-11/h2-10H,1H3,(H,20,22). The van der Waals surface area contributed by atoms with Gasteiger partial charge >= 0.3 is 5.97 Å². The SMILES string of the molecule is COC(=O)c1ccccc1NC(=O)c1cc(-c2cccc(F)c2)no1. The molecular weight excluding hydrogens is 327 g/mol. The van der Waals surface area contributed by atoms with Gasteiger partial charge in [0.2, 0.25) is 5.76 Å². The summed E-state index contributed by atoms with van der Waals surface area (Å²) in [7, 11) is 1.25. The van der Waals surface area contributed by atoms with Crippen molar-refractivity contribution in [2.45, 2.75) is 0 Å². The van der Waals surface area contributed by atoms with E-state index < -0.39 is 17.7 Å². The van der Waals surface area contributed by atoms with Crippen LogP contribution in [0.15, 0.2) is 59.1 Å². The molecule has 0 saturated carbocycles. The maximum Gasteiger partial charge on any atom is 0.339 e. The number of nitrogens with zero attached hydrogens (tertiary/aromatic N) is 1. The second-order valence-corrected chi connectivity index (χ2v) is 5.08. The molecule has 0 spiro atoms. The number of ether oxygens (including phenoxy) is 1. The number of carbonyl (C=O) groups is 2. The Morgan fingerprint density at radius 1 is 1.12 bits per heavy atom. The third-order valence-electron chi connectivity index (χ3n) is 3.43. The molecule has 0 aliphatic heterocycles. The average molecular weight is 340 g/mol. The Bertz CT molecular complexity index is 936. The van der Waals surface area contributed by atoms with Crippen LogP contribution in [0.3, 0.4) is 0 Å². The number of esters is 1. The molecule has 0 atom stereocenters. The second kappa shape index (κ2) is 6.96. The van der Waals surface area contributed by atoms with Crippen LogP contribution in [0, 0.1) is 5.82 Å². The highest BCUT2D eigenvalue weighted by Crippen LogP contribution is 2.22. The first-order chi connectivity index (χ1) is 12.1. The van der Waals surface area contributed by atoms with Crippen molar-refractivity contribution in [3.63, 3.8) is 0 Å². The van der Waals surface area contributed by atoms with Crippen LogP contribution in [0.1, 0.15) is 20.9 Å². The predicted molar refractivity (Wildman–Crippen MR) is 87.6 cm³/mol. The minimum atomic E-state index is -0.591. The lowest BCUT2D eigenvalue weighted by molar-refractivity contribution is 0.0602. The van der Waals surface area contributed by atoms with Crippen LogP contribution in [0.2, 0.25) is 0 Å². The number of benzene rings is 2. The molecule has 126 valence electrons. The Balaban J connectivity index is 1.83. The van der Waals surface area contributed by atoms with Gasteiger partial charge in [0.05, 0.1) is 18.4 Å². The van der Waals surface area contributed by atoms with E-state index in [9.17, 15) is 14.0 Å². The quantitative estimate of drug-likeness (QED) is 0.735. The number of hydrogen-bond donors (Lipinski definition) is 1. The van der Waals surface area contributed by atoms with Crippen molar-refractivity contribution in [3.8, 4) is 11.3 Å². The van der Waals surface area contributed by atoms with Gasteiger partial charge < -0.3 is 14.6 Å². The maximum absolute atomic E-state index is 13.3. The van der Waals surface area contributed by atoms with Gasteiger partial charge in [0.15, 0.2) is 0 Å². The summed E-state index contributed by atoms with van der Waals surface area (Å²) in [6.07, 6.45) is 0. The average Bonchev–Trinajstić information content (AvgIpc) is 3.12. The van der Waals surface area contributed by atoms with Crippen molar-refractivity contribution in [1.82, 2.24) is 5.16 Å². The number of methoxy groups -OCH3 is 1. The summed E-state index contributed by atoms with van der Waals surface area (Å²) >= 11 is 0. The van der Waals surface area contributed by atoms with E-state index in [0.29, 0.717) is 11.3 Å². The Hall–Kier alpha value is -3.48. The van der Waals surface area contributed by atoms with Gasteiger partial charge in [-0.25, -0.2) is 9.18 Å². The molecule has 0 aliphatic carbocycles. The Morgan fingerprint density at radius 2 is 1.92 bits per heavy atom. The van der Waals surface area contributed by atoms with Gasteiger partial charge in [-0.2, -0.15) is 0 Å². The van der Waals surface area contributed by atoms with Crippen LogP contribution in [-0.2, 0) is 4.74 Å². The molecule has 3 aromatic rings. The number of nitrogens with one attached hydrogen (secondary N) is 1. The van der Waals surface area contributed by atoms with Crippen LogP contribution in [0.4, 0.5) is 10.1 Å². The van der Waals surface area contributed by atoms with Gasteiger partial charge in [-0.3, -0.25) is 4.79 Å². The molecule has 0 bridgehead atoms. The van der Waals surface area contributed by atoms with Crippen molar-refractivity contribution in [2.75, 3.05) is 12.4 Å². The van der Waals surface area contributed by atoms with E-state index in [4.69, 9.17) is 4.52 Å². The molecular formula is C18H13FN2O4. The number of para-hydroxylation sites is 1. The molecule has 2 aromatic carbocycles. The number of hydrogen-bond acceptors (Lipinski definition) is 5. The zero-order valence-corrected chi connectivity index (χ0v) is 13.2. The van der Waals surface area contributed by atoms with Gasteiger partial charge in [-0.15, -0.1) is 0 Å². The molecule has 1 N–H and O–H groups in total. The highest BCUT2D eigenvalue weighted by molar-refractivity contribution is 6.06. The molecule has 1 amide bonds. The molecule has 0 fully saturated rings. The molecule has 25 heavy (non-hydrogen) atoms. The van der Waals surface area contributed by atoms with E-state index >= 15 is 0 Å². The zero-order chi connectivity index (χ0) is 17.8. The minimum Gasteiger partial charge on any atom is -0.465 e. The van der Waals surface area contributed by atoms with Crippen LogP contribution in [-0.4, -0.2) is 24.1 Å². The van der Waals surface area contributed by atoms with E-state index in [1.807, 2.05) is 0 Å². The van der Waals surface area contributed by atoms with Gasteiger partial charge in [0.25, 0.3) is 5.91 Å². The van der Waals surface area contributed by atoms with Gasteiger partial charge in [-0.1, -0.05) is 29.4 Å². The summed E-state index contributed by atoms with van der Waals surface area (Å²) < 4.78 is 23.0. The fraction of sp³-hybridized carbons (Fsp3) is 0.0556. The monoisotopic (exact) mass is 340 g/mol. The fourth-order valence-corrected chi connectivity index (χ4v) is 2.23. The largest absolute Gasteiger partial charge is 0.465 e. The maximum atomic E-state index is 13.3. The van der Waals surface area contributed by atoms with Crippen molar-refractivity contribution >= 4 is 17.6 Å². The van der Waals surface area contributed by atoms with Crippen molar-refractivity contribution < 1.29 is 23.2 Å². The summed E-state index contributed by atoms with van der Waals surface area (Å²) in [6, 6.07) is 13.6. The van der Waals surface area contributed by atoms with E-state index in [0.717, 1.165) is 0 Å². The van der Waals surface area contributed by atoms with E-state index in [2.05, 4.69) is 15.2 Å². The smallest absolute Gasteiger partial charge is 0.339 e. The summed E-state index contributed by atoms with van der Waals surface area (Å²) in [4.78, 5) is 24.0. The molecule has 1 aromatic heterocycles. The topological polar surface area (TPSA) is 81.4 Å². The fourth-order valence-electron chi connectivity index (χ4n) is 2.23. The summed E-state index contributed by atoms with van der Waals surface area (Å²) in [5.41, 5.74) is 1.30. The molecule has 6 nitrogen and oxygen atoms in total. The van der Waals surface area contributed by atoms with Crippen molar-refractivity contribution in [1.29, 1.82) is 0 Å². The van der Waals surface area contributed by atoms with Crippen molar-refractivity contribution in [3.05, 3.63) is 71.7 Å². The van der Waals surface area contributed by atoms with Crippen molar-refractivity contribution in [2.24, 2.45) is 0 Å². The third-order valence-corrected chi connectivity index (χ3v) is 3.43. The molecule has 3 rings (SSSR count). The van der Waals surface area contributed by atoms with E-state index in [-0.39, 0.29) is 17.0 Å². The van der Waals surface area contributed by atoms with Crippen LogP contribution < -0.4 is 5.32 Å². The first kappa shape index (κ1) is 16.4. The Morgan fingerprint density at radius 3 is 2.68 bits per heavy atom. The normalized spacial score (nSPS) is 10.3. The predicted octanol–water partition coefficient (Wildman–Crippen LogP) is 3.52. The number of amides is 1. The zero-order valence-electron chi connectivity index (χ0n) is 13.2. The lowest BCUT2D eigenvalue weighted by Crippen LogP contribution is -2.14. The third kappa shape index (κ3) is 3.55. The summed E-state index contributed by atoms with van der Waals surface area (Å²) in [6.45, 7) is 0. The number of anilines is 1. The first-order valence-electron chi connectivity index (χ1n) is 7.30. The molecule has 7 heteroatoms. The molecule has 0 radical (unpaired) electrons. The Kier molecular flexibility index (Phi) is 4.56. The lowest BCUT2D eigenvalue weighted by Gasteiger charge is -2.07. The molecule has 0 saturated heterocycles. The number of halogens is 1. The highest BCUT2D eigenvalue weighted by Gasteiger charge is 2.18. The molecule has 0 aliphatic rings.